The van der Waals surface area contributed by atoms with Gasteiger partial charge >= 0.3 is 0 Å². The molecule has 0 N–H and O–H groups in total. The van der Waals surface area contributed by atoms with E-state index in [0.717, 1.165) is 38.2 Å². The van der Waals surface area contributed by atoms with Crippen molar-refractivity contribution in [1.29, 1.82) is 0 Å². The van der Waals surface area contributed by atoms with Crippen LogP contribution < -0.4 is 0 Å². The zero-order chi connectivity index (χ0) is 19.9. The van der Waals surface area contributed by atoms with Crippen LogP contribution in [0.4, 0.5) is 8.78 Å². The fourth-order valence-electron chi connectivity index (χ4n) is 4.89. The lowest BCUT2D eigenvalue weighted by molar-refractivity contribution is -0.0508. The molecule has 1 aliphatic heterocycles. The van der Waals surface area contributed by atoms with Crippen molar-refractivity contribution in [3.8, 4) is 0 Å². The van der Waals surface area contributed by atoms with Gasteiger partial charge in [0.1, 0.15) is 5.76 Å². The zero-order valence-electron chi connectivity index (χ0n) is 17.5. The van der Waals surface area contributed by atoms with Crippen LogP contribution in [-0.2, 0) is 14.2 Å². The summed E-state index contributed by atoms with van der Waals surface area (Å²) in [4.78, 5) is 0. The SMILES string of the molecule is CCCCC1CCC(C2CCC(OCC3=C(F)C(F)=C(OC)CC3)CC2)CO1. The Labute approximate surface area is 168 Å². The van der Waals surface area contributed by atoms with Crippen molar-refractivity contribution < 1.29 is 23.0 Å². The Morgan fingerprint density at radius 1 is 0.964 bits per heavy atom. The van der Waals surface area contributed by atoms with E-state index in [1.54, 1.807) is 0 Å². The van der Waals surface area contributed by atoms with Crippen LogP contribution in [0.1, 0.15) is 77.6 Å². The van der Waals surface area contributed by atoms with Gasteiger partial charge in [0.15, 0.2) is 11.7 Å². The van der Waals surface area contributed by atoms with Crippen molar-refractivity contribution in [2.45, 2.75) is 89.8 Å². The van der Waals surface area contributed by atoms with Crippen LogP contribution in [0, 0.1) is 11.8 Å². The highest BCUT2D eigenvalue weighted by Crippen LogP contribution is 2.38. The summed E-state index contributed by atoms with van der Waals surface area (Å²) < 4.78 is 44.9. The predicted molar refractivity (Wildman–Crippen MR) is 106 cm³/mol. The van der Waals surface area contributed by atoms with Gasteiger partial charge in [0.2, 0.25) is 0 Å². The second-order valence-corrected chi connectivity index (χ2v) is 8.64. The first-order valence-electron chi connectivity index (χ1n) is 11.2. The Kier molecular flexibility index (Phi) is 8.34. The van der Waals surface area contributed by atoms with E-state index >= 15 is 0 Å². The van der Waals surface area contributed by atoms with Gasteiger partial charge in [-0.1, -0.05) is 19.8 Å². The van der Waals surface area contributed by atoms with Gasteiger partial charge in [0, 0.05) is 6.42 Å². The standard InChI is InChI=1S/C23H36F2O3/c1-3-4-5-19-12-8-17(14-27-19)16-6-10-20(11-7-16)28-15-18-9-13-21(26-2)23(25)22(18)24/h16-17,19-20H,3-15H2,1-2H3. The third-order valence-corrected chi connectivity index (χ3v) is 6.81. The van der Waals surface area contributed by atoms with Crippen molar-refractivity contribution in [3.05, 3.63) is 23.0 Å². The Balaban J connectivity index is 1.38. The summed E-state index contributed by atoms with van der Waals surface area (Å²) >= 11 is 0. The molecule has 0 radical (unpaired) electrons. The molecule has 1 saturated heterocycles. The third kappa shape index (κ3) is 5.56. The number of methoxy groups -OCH3 is 1. The fourth-order valence-corrected chi connectivity index (χ4v) is 4.89. The third-order valence-electron chi connectivity index (χ3n) is 6.81. The van der Waals surface area contributed by atoms with Crippen LogP contribution in [0.25, 0.3) is 0 Å². The van der Waals surface area contributed by atoms with E-state index in [9.17, 15) is 8.78 Å². The average molecular weight is 399 g/mol. The first-order valence-corrected chi connectivity index (χ1v) is 11.2. The number of hydrogen-bond donors (Lipinski definition) is 0. The molecule has 3 nitrogen and oxygen atoms in total. The van der Waals surface area contributed by atoms with Crippen molar-refractivity contribution >= 4 is 0 Å². The van der Waals surface area contributed by atoms with Crippen LogP contribution in [-0.4, -0.2) is 32.5 Å². The Bertz CT molecular complexity index is 556. The topological polar surface area (TPSA) is 27.7 Å². The van der Waals surface area contributed by atoms with E-state index in [1.807, 2.05) is 0 Å². The van der Waals surface area contributed by atoms with E-state index in [0.29, 0.717) is 30.4 Å². The zero-order valence-corrected chi connectivity index (χ0v) is 17.5. The quantitative estimate of drug-likeness (QED) is 0.474. The van der Waals surface area contributed by atoms with Crippen LogP contribution >= 0.6 is 0 Å². The van der Waals surface area contributed by atoms with Crippen molar-refractivity contribution in [3.63, 3.8) is 0 Å². The minimum Gasteiger partial charge on any atom is -0.498 e. The molecule has 0 aromatic heterocycles. The molecular formula is C23H36F2O3. The van der Waals surface area contributed by atoms with E-state index in [-0.39, 0.29) is 18.5 Å². The van der Waals surface area contributed by atoms with Gasteiger partial charge in [-0.2, -0.15) is 0 Å². The summed E-state index contributed by atoms with van der Waals surface area (Å²) in [7, 11) is 1.38. The van der Waals surface area contributed by atoms with E-state index in [2.05, 4.69) is 6.92 Å². The number of ether oxygens (including phenoxy) is 3. The average Bonchev–Trinajstić information content (AvgIpc) is 2.74. The molecule has 0 aromatic rings. The Morgan fingerprint density at radius 2 is 1.71 bits per heavy atom. The predicted octanol–water partition coefficient (Wildman–Crippen LogP) is 6.39. The molecule has 1 heterocycles. The van der Waals surface area contributed by atoms with E-state index in [1.165, 1.54) is 39.2 Å². The number of hydrogen-bond acceptors (Lipinski definition) is 3. The van der Waals surface area contributed by atoms with E-state index < -0.39 is 11.7 Å². The minimum atomic E-state index is -0.856. The summed E-state index contributed by atoms with van der Waals surface area (Å²) in [6.07, 6.45) is 12.0. The molecule has 3 rings (SSSR count). The molecule has 0 amide bonds. The molecule has 1 saturated carbocycles. The minimum absolute atomic E-state index is 0.105. The molecule has 160 valence electrons. The second-order valence-electron chi connectivity index (χ2n) is 8.64. The first kappa shape index (κ1) is 21.8. The molecule has 2 atom stereocenters. The molecule has 2 aliphatic carbocycles. The molecule has 2 fully saturated rings. The van der Waals surface area contributed by atoms with E-state index in [4.69, 9.17) is 14.2 Å². The summed E-state index contributed by atoms with van der Waals surface area (Å²) in [5.41, 5.74) is 0.430. The fraction of sp³-hybridized carbons (Fsp3) is 0.826. The molecule has 28 heavy (non-hydrogen) atoms. The highest BCUT2D eigenvalue weighted by molar-refractivity contribution is 5.32. The van der Waals surface area contributed by atoms with Gasteiger partial charge in [-0.05, 0) is 68.8 Å². The number of unbranched alkanes of at least 4 members (excludes halogenated alkanes) is 1. The van der Waals surface area contributed by atoms with Gasteiger partial charge in [-0.15, -0.1) is 0 Å². The first-order chi connectivity index (χ1) is 13.6. The van der Waals surface area contributed by atoms with Crippen LogP contribution in [0.5, 0.6) is 0 Å². The smallest absolute Gasteiger partial charge is 0.196 e. The monoisotopic (exact) mass is 398 g/mol. The van der Waals surface area contributed by atoms with Gasteiger partial charge in [0.25, 0.3) is 0 Å². The lowest BCUT2D eigenvalue weighted by atomic mass is 9.76. The molecule has 0 aromatic carbocycles. The van der Waals surface area contributed by atoms with Crippen LogP contribution in [0.3, 0.4) is 0 Å². The lowest BCUT2D eigenvalue weighted by Crippen LogP contribution is -2.33. The van der Waals surface area contributed by atoms with Gasteiger partial charge < -0.3 is 14.2 Å². The molecule has 3 aliphatic rings. The van der Waals surface area contributed by atoms with Gasteiger partial charge in [-0.25, -0.2) is 8.78 Å². The van der Waals surface area contributed by atoms with Crippen LogP contribution in [0.2, 0.25) is 0 Å². The number of allylic oxidation sites excluding steroid dienone is 3. The summed E-state index contributed by atoms with van der Waals surface area (Å²) in [5.74, 6) is -0.126. The molecule has 5 heteroatoms. The lowest BCUT2D eigenvalue weighted by Gasteiger charge is -2.38. The highest BCUT2D eigenvalue weighted by Gasteiger charge is 2.32. The largest absolute Gasteiger partial charge is 0.498 e. The van der Waals surface area contributed by atoms with Crippen LogP contribution in [0.15, 0.2) is 23.0 Å². The second kappa shape index (κ2) is 10.7. The molecule has 0 spiro atoms. The van der Waals surface area contributed by atoms with Crippen molar-refractivity contribution in [1.82, 2.24) is 0 Å². The van der Waals surface area contributed by atoms with Crippen molar-refractivity contribution in [2.24, 2.45) is 11.8 Å². The summed E-state index contributed by atoms with van der Waals surface area (Å²) in [6.45, 7) is 3.34. The molecule has 2 unspecified atom stereocenters. The maximum atomic E-state index is 14.1. The Hall–Kier alpha value is -0.940. The summed E-state index contributed by atoms with van der Waals surface area (Å²) in [6, 6.07) is 0. The van der Waals surface area contributed by atoms with Gasteiger partial charge in [0.05, 0.1) is 32.5 Å². The number of halogens is 2. The van der Waals surface area contributed by atoms with Crippen molar-refractivity contribution in [2.75, 3.05) is 20.3 Å². The maximum absolute atomic E-state index is 14.1. The molecule has 0 bridgehead atoms. The molecular weight excluding hydrogens is 362 g/mol. The maximum Gasteiger partial charge on any atom is 0.196 e. The van der Waals surface area contributed by atoms with Gasteiger partial charge in [-0.3, -0.25) is 0 Å². The summed E-state index contributed by atoms with van der Waals surface area (Å²) in [5, 5.41) is 0. The highest BCUT2D eigenvalue weighted by atomic mass is 19.2. The normalized spacial score (nSPS) is 32.0. The number of rotatable bonds is 8. The Morgan fingerprint density at radius 3 is 2.36 bits per heavy atom.